The van der Waals surface area contributed by atoms with E-state index in [1.807, 2.05) is 0 Å². The first-order valence-corrected chi connectivity index (χ1v) is 6.96. The lowest BCUT2D eigenvalue weighted by Crippen LogP contribution is -2.14. The predicted molar refractivity (Wildman–Crippen MR) is 79.6 cm³/mol. The third-order valence-electron chi connectivity index (χ3n) is 2.84. The topological polar surface area (TPSA) is 93.5 Å². The molecule has 8 heteroatoms. The number of nitrogens with zero attached hydrogens (tertiary/aromatic N) is 2. The van der Waals surface area contributed by atoms with Crippen LogP contribution in [0.25, 0.3) is 0 Å². The van der Waals surface area contributed by atoms with Gasteiger partial charge in [0.05, 0.1) is 6.61 Å². The van der Waals surface area contributed by atoms with Gasteiger partial charge in [-0.25, -0.2) is 4.39 Å². The molecule has 1 heterocycles. The summed E-state index contributed by atoms with van der Waals surface area (Å²) >= 11 is 0. The summed E-state index contributed by atoms with van der Waals surface area (Å²) in [5, 5.41) is 15.1. The molecule has 0 bridgehead atoms. The number of amides is 1. The number of benzene rings is 1. The van der Waals surface area contributed by atoms with Gasteiger partial charge >= 0.3 is 5.97 Å². The molecule has 1 aromatic carbocycles. The number of carbonyl (C=O) groups is 2. The number of aromatic nitrogens is 2. The van der Waals surface area contributed by atoms with Crippen molar-refractivity contribution in [2.24, 2.45) is 0 Å². The Balaban J connectivity index is 1.67. The van der Waals surface area contributed by atoms with Gasteiger partial charge in [-0.05, 0) is 30.7 Å². The van der Waals surface area contributed by atoms with Crippen LogP contribution in [0, 0.1) is 5.82 Å². The number of carbonyl (C=O) groups excluding carboxylic acids is 1. The van der Waals surface area contributed by atoms with E-state index in [1.165, 1.54) is 41.2 Å². The van der Waals surface area contributed by atoms with E-state index < -0.39 is 5.97 Å². The van der Waals surface area contributed by atoms with Gasteiger partial charge in [-0.3, -0.25) is 14.3 Å². The molecule has 2 N–H and O–H groups in total. The molecule has 7 nitrogen and oxygen atoms in total. The Kier molecular flexibility index (Phi) is 5.67. The van der Waals surface area contributed by atoms with Crippen molar-refractivity contribution in [3.05, 3.63) is 42.3 Å². The first kappa shape index (κ1) is 16.5. The number of ether oxygens (including phenoxy) is 1. The molecule has 1 aromatic heterocycles. The van der Waals surface area contributed by atoms with Crippen molar-refractivity contribution in [3.8, 4) is 5.75 Å². The van der Waals surface area contributed by atoms with Crippen molar-refractivity contribution in [3.63, 3.8) is 0 Å². The van der Waals surface area contributed by atoms with E-state index in [4.69, 9.17) is 9.84 Å². The Hall–Kier alpha value is -2.90. The van der Waals surface area contributed by atoms with Crippen LogP contribution < -0.4 is 10.1 Å². The van der Waals surface area contributed by atoms with Gasteiger partial charge in [0.25, 0.3) is 0 Å². The fourth-order valence-electron chi connectivity index (χ4n) is 1.81. The second kappa shape index (κ2) is 7.92. The predicted octanol–water partition coefficient (Wildman–Crippen LogP) is 1.90. The maximum Gasteiger partial charge on any atom is 0.325 e. The van der Waals surface area contributed by atoms with Crippen molar-refractivity contribution < 1.29 is 23.8 Å². The summed E-state index contributed by atoms with van der Waals surface area (Å²) in [5.74, 6) is -0.744. The zero-order valence-corrected chi connectivity index (χ0v) is 12.2. The quantitative estimate of drug-likeness (QED) is 0.724. The van der Waals surface area contributed by atoms with Gasteiger partial charge in [-0.1, -0.05) is 0 Å². The van der Waals surface area contributed by atoms with Crippen molar-refractivity contribution in [1.82, 2.24) is 9.78 Å². The molecule has 0 aliphatic rings. The molecule has 23 heavy (non-hydrogen) atoms. The molecule has 2 aromatic rings. The van der Waals surface area contributed by atoms with Crippen LogP contribution in [0.1, 0.15) is 12.8 Å². The molecule has 0 fully saturated rings. The Morgan fingerprint density at radius 2 is 2.00 bits per heavy atom. The number of nitrogens with one attached hydrogen (secondary N) is 1. The first-order valence-electron chi connectivity index (χ1n) is 6.96. The normalized spacial score (nSPS) is 10.3. The number of halogens is 1. The lowest BCUT2D eigenvalue weighted by molar-refractivity contribution is -0.137. The van der Waals surface area contributed by atoms with Gasteiger partial charge in [0.15, 0.2) is 5.82 Å². The fraction of sp³-hybridized carbons (Fsp3) is 0.267. The van der Waals surface area contributed by atoms with Gasteiger partial charge in [0, 0.05) is 18.7 Å². The summed E-state index contributed by atoms with van der Waals surface area (Å²) in [6.45, 7) is 0.0634. The molecule has 0 atom stereocenters. The van der Waals surface area contributed by atoms with Crippen LogP contribution in [0.5, 0.6) is 5.75 Å². The van der Waals surface area contributed by atoms with Crippen LogP contribution in [0.2, 0.25) is 0 Å². The Morgan fingerprint density at radius 1 is 1.26 bits per heavy atom. The maximum absolute atomic E-state index is 12.7. The molecular weight excluding hydrogens is 305 g/mol. The van der Waals surface area contributed by atoms with Gasteiger partial charge in [-0.2, -0.15) is 5.10 Å². The minimum absolute atomic E-state index is 0.229. The van der Waals surface area contributed by atoms with Crippen molar-refractivity contribution in [2.45, 2.75) is 19.4 Å². The number of hydrogen-bond donors (Lipinski definition) is 2. The molecule has 1 amide bonds. The molecule has 0 spiro atoms. The largest absolute Gasteiger partial charge is 0.494 e. The van der Waals surface area contributed by atoms with Crippen molar-refractivity contribution in [2.75, 3.05) is 11.9 Å². The summed E-state index contributed by atoms with van der Waals surface area (Å²) in [5.41, 5.74) is 0. The maximum atomic E-state index is 12.7. The first-order chi connectivity index (χ1) is 11.0. The van der Waals surface area contributed by atoms with E-state index in [0.29, 0.717) is 24.6 Å². The van der Waals surface area contributed by atoms with E-state index in [9.17, 15) is 14.0 Å². The molecule has 122 valence electrons. The third kappa shape index (κ3) is 5.77. The third-order valence-corrected chi connectivity index (χ3v) is 2.84. The van der Waals surface area contributed by atoms with E-state index in [0.717, 1.165) is 0 Å². The molecule has 0 aliphatic carbocycles. The molecule has 0 aliphatic heterocycles. The van der Waals surface area contributed by atoms with Gasteiger partial charge in [-0.15, -0.1) is 0 Å². The number of carboxylic acid groups (broad SMARTS) is 1. The molecule has 0 unspecified atom stereocenters. The smallest absolute Gasteiger partial charge is 0.325 e. The molecule has 2 rings (SSSR count). The zero-order chi connectivity index (χ0) is 16.7. The SMILES string of the molecule is O=C(O)Cn1ccc(NC(=O)CCCOc2ccc(F)cc2)n1. The Bertz CT molecular complexity index is 670. The number of aliphatic carboxylic acids is 1. The lowest BCUT2D eigenvalue weighted by atomic mass is 10.3. The molecular formula is C15H16FN3O4. The van der Waals surface area contributed by atoms with Crippen LogP contribution in [0.4, 0.5) is 10.2 Å². The van der Waals surface area contributed by atoms with Gasteiger partial charge < -0.3 is 15.2 Å². The lowest BCUT2D eigenvalue weighted by Gasteiger charge is -2.06. The van der Waals surface area contributed by atoms with Crippen LogP contribution in [0.3, 0.4) is 0 Å². The Morgan fingerprint density at radius 3 is 2.70 bits per heavy atom. The van der Waals surface area contributed by atoms with Gasteiger partial charge in [0.2, 0.25) is 5.91 Å². The summed E-state index contributed by atoms with van der Waals surface area (Å²) in [4.78, 5) is 22.2. The highest BCUT2D eigenvalue weighted by atomic mass is 19.1. The Labute approximate surface area is 131 Å². The van der Waals surface area contributed by atoms with E-state index in [1.54, 1.807) is 0 Å². The molecule has 0 saturated carbocycles. The molecule has 0 saturated heterocycles. The van der Waals surface area contributed by atoms with Gasteiger partial charge in [0.1, 0.15) is 18.1 Å². The standard InChI is InChI=1S/C15H16FN3O4/c16-11-3-5-12(6-4-11)23-9-1-2-14(20)17-13-7-8-19(18-13)10-15(21)22/h3-8H,1-2,9-10H2,(H,21,22)(H,17,18,20). The number of rotatable bonds is 8. The minimum Gasteiger partial charge on any atom is -0.494 e. The number of anilines is 1. The van der Waals surface area contributed by atoms with E-state index >= 15 is 0 Å². The highest BCUT2D eigenvalue weighted by Gasteiger charge is 2.07. The van der Waals surface area contributed by atoms with Crippen LogP contribution in [-0.4, -0.2) is 33.4 Å². The van der Waals surface area contributed by atoms with E-state index in [2.05, 4.69) is 10.4 Å². The monoisotopic (exact) mass is 321 g/mol. The summed E-state index contributed by atoms with van der Waals surface area (Å²) in [6, 6.07) is 7.16. The van der Waals surface area contributed by atoms with Crippen molar-refractivity contribution in [1.29, 1.82) is 0 Å². The molecule has 0 radical (unpaired) electrons. The second-order valence-electron chi connectivity index (χ2n) is 4.75. The van der Waals surface area contributed by atoms with Crippen LogP contribution in [0.15, 0.2) is 36.5 Å². The second-order valence-corrected chi connectivity index (χ2v) is 4.75. The number of carboxylic acids is 1. The summed E-state index contributed by atoms with van der Waals surface area (Å²) in [7, 11) is 0. The van der Waals surface area contributed by atoms with E-state index in [-0.39, 0.29) is 24.7 Å². The highest BCUT2D eigenvalue weighted by molar-refractivity contribution is 5.89. The zero-order valence-electron chi connectivity index (χ0n) is 12.2. The average molecular weight is 321 g/mol. The van der Waals surface area contributed by atoms with Crippen molar-refractivity contribution >= 4 is 17.7 Å². The minimum atomic E-state index is -1.01. The van der Waals surface area contributed by atoms with Crippen LogP contribution >= 0.6 is 0 Å². The fourth-order valence-corrected chi connectivity index (χ4v) is 1.81. The average Bonchev–Trinajstić information content (AvgIpc) is 2.91. The summed E-state index contributed by atoms with van der Waals surface area (Å²) < 4.78 is 19.3. The highest BCUT2D eigenvalue weighted by Crippen LogP contribution is 2.11. The number of hydrogen-bond acceptors (Lipinski definition) is 4. The van der Waals surface area contributed by atoms with Crippen LogP contribution in [-0.2, 0) is 16.1 Å². The summed E-state index contributed by atoms with van der Waals surface area (Å²) in [6.07, 6.45) is 2.19.